The summed E-state index contributed by atoms with van der Waals surface area (Å²) in [6.45, 7) is 1.42. The molecule has 1 aromatic heterocycles. The molecule has 0 aliphatic carbocycles. The molecule has 0 aliphatic rings. The Labute approximate surface area is 58.3 Å². The van der Waals surface area contributed by atoms with Crippen molar-refractivity contribution in [2.75, 3.05) is 5.32 Å². The summed E-state index contributed by atoms with van der Waals surface area (Å²) in [6, 6.07) is 3.20. The van der Waals surface area contributed by atoms with Gasteiger partial charge in [0.05, 0.1) is 0 Å². The molecule has 0 fully saturated rings. The third-order valence-corrected chi connectivity index (χ3v) is 0.835. The number of carbonyl (C=O) groups is 1. The smallest absolute Gasteiger partial charge is 0.222 e. The average Bonchev–Trinajstić information content (AvgIpc) is 1.88. The van der Waals surface area contributed by atoms with Crippen molar-refractivity contribution in [2.24, 2.45) is 0 Å². The molecule has 10 heavy (non-hydrogen) atoms. The van der Waals surface area contributed by atoms with Gasteiger partial charge in [-0.2, -0.15) is 0 Å². The highest BCUT2D eigenvalue weighted by atomic mass is 16.1. The number of amides is 1. The van der Waals surface area contributed by atoms with Gasteiger partial charge in [0.2, 0.25) is 5.91 Å². The molecule has 0 aliphatic heterocycles. The maximum atomic E-state index is 10.4. The Bertz CT molecular complexity index is 222. The van der Waals surface area contributed by atoms with Crippen LogP contribution in [0, 0.1) is 6.20 Å². The second kappa shape index (κ2) is 2.91. The predicted molar refractivity (Wildman–Crippen MR) is 35.2 cm³/mol. The van der Waals surface area contributed by atoms with E-state index >= 15 is 0 Å². The van der Waals surface area contributed by atoms with Crippen molar-refractivity contribution in [1.82, 2.24) is 10.2 Å². The summed E-state index contributed by atoms with van der Waals surface area (Å²) in [4.78, 5) is 10.4. The van der Waals surface area contributed by atoms with Crippen molar-refractivity contribution in [3.63, 3.8) is 0 Å². The van der Waals surface area contributed by atoms with Gasteiger partial charge in [-0.15, -0.1) is 10.2 Å². The first kappa shape index (κ1) is 6.67. The molecule has 0 aromatic carbocycles. The van der Waals surface area contributed by atoms with Gasteiger partial charge in [0, 0.05) is 6.92 Å². The van der Waals surface area contributed by atoms with Crippen LogP contribution in [0.15, 0.2) is 12.1 Å². The third kappa shape index (κ3) is 1.81. The topological polar surface area (TPSA) is 54.9 Å². The molecule has 1 heterocycles. The van der Waals surface area contributed by atoms with E-state index in [0.29, 0.717) is 5.82 Å². The highest BCUT2D eigenvalue weighted by Crippen LogP contribution is 1.95. The zero-order valence-corrected chi connectivity index (χ0v) is 5.46. The van der Waals surface area contributed by atoms with Gasteiger partial charge in [-0.1, -0.05) is 0 Å². The molecule has 0 spiro atoms. The SMILES string of the molecule is CC(=O)Nc1cc[c]nn1. The summed E-state index contributed by atoms with van der Waals surface area (Å²) >= 11 is 0. The molecule has 0 unspecified atom stereocenters. The lowest BCUT2D eigenvalue weighted by Crippen LogP contribution is -2.07. The minimum Gasteiger partial charge on any atom is -0.309 e. The van der Waals surface area contributed by atoms with Crippen molar-refractivity contribution >= 4 is 11.7 Å². The van der Waals surface area contributed by atoms with Crippen molar-refractivity contribution < 1.29 is 4.79 Å². The summed E-state index contributed by atoms with van der Waals surface area (Å²) < 4.78 is 0. The van der Waals surface area contributed by atoms with Crippen LogP contribution in [-0.4, -0.2) is 16.1 Å². The maximum absolute atomic E-state index is 10.4. The number of hydrogen-bond acceptors (Lipinski definition) is 3. The van der Waals surface area contributed by atoms with Crippen LogP contribution in [0.1, 0.15) is 6.92 Å². The first-order valence-corrected chi connectivity index (χ1v) is 2.76. The summed E-state index contributed by atoms with van der Waals surface area (Å²) in [5.41, 5.74) is 0. The molecule has 1 radical (unpaired) electrons. The molecule has 0 saturated heterocycles. The number of anilines is 1. The van der Waals surface area contributed by atoms with Crippen molar-refractivity contribution in [3.05, 3.63) is 18.3 Å². The Kier molecular flexibility index (Phi) is 1.94. The zero-order valence-electron chi connectivity index (χ0n) is 5.46. The molecule has 1 aromatic rings. The van der Waals surface area contributed by atoms with Crippen LogP contribution in [-0.2, 0) is 4.79 Å². The molecular formula is C6H6N3O. The number of rotatable bonds is 1. The van der Waals surface area contributed by atoms with Crippen LogP contribution in [0.3, 0.4) is 0 Å². The fourth-order valence-electron chi connectivity index (χ4n) is 0.513. The fourth-order valence-corrected chi connectivity index (χ4v) is 0.513. The molecule has 51 valence electrons. The maximum Gasteiger partial charge on any atom is 0.222 e. The van der Waals surface area contributed by atoms with Crippen molar-refractivity contribution in [3.8, 4) is 0 Å². The fraction of sp³-hybridized carbons (Fsp3) is 0.167. The molecule has 0 saturated carbocycles. The van der Waals surface area contributed by atoms with E-state index < -0.39 is 0 Å². The lowest BCUT2D eigenvalue weighted by atomic mass is 10.5. The first-order chi connectivity index (χ1) is 4.79. The van der Waals surface area contributed by atoms with Crippen LogP contribution >= 0.6 is 0 Å². The normalized spacial score (nSPS) is 8.90. The molecule has 0 bridgehead atoms. The van der Waals surface area contributed by atoms with Crippen LogP contribution in [0.25, 0.3) is 0 Å². The van der Waals surface area contributed by atoms with Gasteiger partial charge in [0.1, 0.15) is 6.20 Å². The third-order valence-electron chi connectivity index (χ3n) is 0.835. The molecule has 1 N–H and O–H groups in total. The van der Waals surface area contributed by atoms with Crippen LogP contribution in [0.2, 0.25) is 0 Å². The van der Waals surface area contributed by atoms with Crippen molar-refractivity contribution in [1.29, 1.82) is 0 Å². The second-order valence-electron chi connectivity index (χ2n) is 1.73. The number of hydrogen-bond donors (Lipinski definition) is 1. The second-order valence-corrected chi connectivity index (χ2v) is 1.73. The Morgan fingerprint density at radius 2 is 2.60 bits per heavy atom. The van der Waals surface area contributed by atoms with E-state index in [4.69, 9.17) is 0 Å². The summed E-state index contributed by atoms with van der Waals surface area (Å²) in [5.74, 6) is 0.298. The minimum absolute atomic E-state index is 0.152. The number of nitrogens with one attached hydrogen (secondary N) is 1. The zero-order chi connectivity index (χ0) is 7.40. The highest BCUT2D eigenvalue weighted by Gasteiger charge is 1.92. The van der Waals surface area contributed by atoms with E-state index in [1.54, 1.807) is 12.1 Å². The van der Waals surface area contributed by atoms with Crippen LogP contribution in [0.4, 0.5) is 5.82 Å². The Morgan fingerprint density at radius 1 is 1.80 bits per heavy atom. The lowest BCUT2D eigenvalue weighted by molar-refractivity contribution is -0.114. The van der Waals surface area contributed by atoms with Gasteiger partial charge in [-0.3, -0.25) is 4.79 Å². The van der Waals surface area contributed by atoms with Gasteiger partial charge in [-0.05, 0) is 12.1 Å². The quantitative estimate of drug-likeness (QED) is 0.601. The average molecular weight is 136 g/mol. The molecule has 1 rings (SSSR count). The van der Waals surface area contributed by atoms with Crippen LogP contribution in [0.5, 0.6) is 0 Å². The molecule has 1 amide bonds. The number of carbonyl (C=O) groups excluding carboxylic acids is 1. The predicted octanol–water partition coefficient (Wildman–Crippen LogP) is 0.235. The minimum atomic E-state index is -0.152. The molecule has 4 heteroatoms. The van der Waals surface area contributed by atoms with E-state index in [-0.39, 0.29) is 5.91 Å². The van der Waals surface area contributed by atoms with Gasteiger partial charge in [-0.25, -0.2) is 0 Å². The van der Waals surface area contributed by atoms with E-state index in [0.717, 1.165) is 0 Å². The monoisotopic (exact) mass is 136 g/mol. The van der Waals surface area contributed by atoms with Crippen LogP contribution < -0.4 is 5.32 Å². The van der Waals surface area contributed by atoms with Gasteiger partial charge in [0.15, 0.2) is 5.82 Å². The summed E-state index contributed by atoms with van der Waals surface area (Å²) in [5, 5.41) is 9.50. The van der Waals surface area contributed by atoms with E-state index in [9.17, 15) is 4.79 Å². The molecular weight excluding hydrogens is 130 g/mol. The van der Waals surface area contributed by atoms with Gasteiger partial charge < -0.3 is 5.32 Å². The van der Waals surface area contributed by atoms with Gasteiger partial charge >= 0.3 is 0 Å². The molecule has 0 atom stereocenters. The van der Waals surface area contributed by atoms with E-state index in [1.807, 2.05) is 0 Å². The van der Waals surface area contributed by atoms with E-state index in [2.05, 4.69) is 21.7 Å². The Hall–Kier alpha value is -1.45. The Balaban J connectivity index is 2.67. The highest BCUT2D eigenvalue weighted by molar-refractivity contribution is 5.87. The largest absolute Gasteiger partial charge is 0.309 e. The summed E-state index contributed by atoms with van der Waals surface area (Å²) in [7, 11) is 0. The lowest BCUT2D eigenvalue weighted by Gasteiger charge is -1.95. The van der Waals surface area contributed by atoms with E-state index in [1.165, 1.54) is 6.92 Å². The summed E-state index contributed by atoms with van der Waals surface area (Å²) in [6.07, 6.45) is 2.49. The van der Waals surface area contributed by atoms with Crippen molar-refractivity contribution in [2.45, 2.75) is 6.92 Å². The first-order valence-electron chi connectivity index (χ1n) is 2.76. The molecule has 4 nitrogen and oxygen atoms in total. The Morgan fingerprint density at radius 3 is 3.10 bits per heavy atom. The van der Waals surface area contributed by atoms with Gasteiger partial charge in [0.25, 0.3) is 0 Å². The number of nitrogens with zero attached hydrogens (tertiary/aromatic N) is 2. The number of aromatic nitrogens is 2. The standard InChI is InChI=1S/C6H6N3O/c1-5(10)8-6-3-2-4-7-9-6/h2-3H,1H3,(H,8,9,10).